The largest absolute Gasteiger partial charge is 0.385 e. The molecule has 110 valence electrons. The van der Waals surface area contributed by atoms with E-state index >= 15 is 0 Å². The average Bonchev–Trinajstić information content (AvgIpc) is 2.53. The maximum absolute atomic E-state index is 11.9. The van der Waals surface area contributed by atoms with Crippen molar-refractivity contribution in [1.82, 2.24) is 15.3 Å². The fourth-order valence-electron chi connectivity index (χ4n) is 1.73. The Morgan fingerprint density at radius 2 is 2.05 bits per heavy atom. The van der Waals surface area contributed by atoms with Crippen LogP contribution in [0, 0.1) is 0 Å². The van der Waals surface area contributed by atoms with Gasteiger partial charge in [-0.2, -0.15) is 0 Å². The molecule has 2 rings (SSSR count). The Morgan fingerprint density at radius 3 is 2.81 bits per heavy atom. The highest BCUT2D eigenvalue weighted by atomic mass is 16.5. The van der Waals surface area contributed by atoms with E-state index < -0.39 is 0 Å². The Morgan fingerprint density at radius 1 is 1.24 bits per heavy atom. The molecule has 6 heteroatoms. The molecule has 0 aliphatic heterocycles. The van der Waals surface area contributed by atoms with Crippen molar-refractivity contribution in [2.24, 2.45) is 0 Å². The SMILES string of the molecule is COCCCNC(=O)c1cc(Nc2ccccc2)ncn1. The minimum atomic E-state index is -0.218. The van der Waals surface area contributed by atoms with E-state index in [2.05, 4.69) is 20.6 Å². The zero-order chi connectivity index (χ0) is 14.9. The van der Waals surface area contributed by atoms with Crippen LogP contribution >= 0.6 is 0 Å². The van der Waals surface area contributed by atoms with Gasteiger partial charge in [-0.1, -0.05) is 18.2 Å². The van der Waals surface area contributed by atoms with E-state index in [1.54, 1.807) is 13.2 Å². The van der Waals surface area contributed by atoms with E-state index in [9.17, 15) is 4.79 Å². The van der Waals surface area contributed by atoms with Crippen molar-refractivity contribution >= 4 is 17.4 Å². The molecule has 0 radical (unpaired) electrons. The van der Waals surface area contributed by atoms with Gasteiger partial charge in [-0.3, -0.25) is 4.79 Å². The molecule has 1 amide bonds. The molecule has 0 saturated heterocycles. The van der Waals surface area contributed by atoms with Gasteiger partial charge in [-0.05, 0) is 18.6 Å². The van der Waals surface area contributed by atoms with E-state index in [4.69, 9.17) is 4.74 Å². The second kappa shape index (κ2) is 7.96. The molecule has 2 N–H and O–H groups in total. The van der Waals surface area contributed by atoms with Crippen molar-refractivity contribution in [2.45, 2.75) is 6.42 Å². The summed E-state index contributed by atoms with van der Waals surface area (Å²) in [6.07, 6.45) is 2.14. The zero-order valence-electron chi connectivity index (χ0n) is 11.9. The maximum Gasteiger partial charge on any atom is 0.270 e. The van der Waals surface area contributed by atoms with Crippen molar-refractivity contribution < 1.29 is 9.53 Å². The molecular formula is C15H18N4O2. The number of aromatic nitrogens is 2. The number of hydrogen-bond donors (Lipinski definition) is 2. The van der Waals surface area contributed by atoms with Gasteiger partial charge >= 0.3 is 0 Å². The lowest BCUT2D eigenvalue weighted by Crippen LogP contribution is -2.26. The van der Waals surface area contributed by atoms with E-state index in [0.29, 0.717) is 24.7 Å². The van der Waals surface area contributed by atoms with Gasteiger partial charge in [-0.25, -0.2) is 9.97 Å². The number of nitrogens with one attached hydrogen (secondary N) is 2. The lowest BCUT2D eigenvalue weighted by atomic mass is 10.3. The molecule has 1 aromatic heterocycles. The fraction of sp³-hybridized carbons (Fsp3) is 0.267. The Kier molecular flexibility index (Phi) is 5.66. The van der Waals surface area contributed by atoms with Crippen molar-refractivity contribution in [3.8, 4) is 0 Å². The molecule has 0 spiro atoms. The van der Waals surface area contributed by atoms with Gasteiger partial charge in [0.25, 0.3) is 5.91 Å². The topological polar surface area (TPSA) is 76.1 Å². The number of hydrogen-bond acceptors (Lipinski definition) is 5. The number of rotatable bonds is 7. The van der Waals surface area contributed by atoms with Crippen LogP contribution in [0.3, 0.4) is 0 Å². The second-order valence-electron chi connectivity index (χ2n) is 4.38. The first-order valence-corrected chi connectivity index (χ1v) is 6.71. The summed E-state index contributed by atoms with van der Waals surface area (Å²) in [6.45, 7) is 1.17. The summed E-state index contributed by atoms with van der Waals surface area (Å²) in [5, 5.41) is 5.91. The number of nitrogens with zero attached hydrogens (tertiary/aromatic N) is 2. The highest BCUT2D eigenvalue weighted by molar-refractivity contribution is 5.92. The highest BCUT2D eigenvalue weighted by Crippen LogP contribution is 2.13. The number of carbonyl (C=O) groups is 1. The Balaban J connectivity index is 1.95. The first-order valence-electron chi connectivity index (χ1n) is 6.71. The van der Waals surface area contributed by atoms with Gasteiger partial charge in [0.1, 0.15) is 17.8 Å². The van der Waals surface area contributed by atoms with Crippen LogP contribution in [0.2, 0.25) is 0 Å². The van der Waals surface area contributed by atoms with Crippen LogP contribution in [0.1, 0.15) is 16.9 Å². The quantitative estimate of drug-likeness (QED) is 0.761. The number of anilines is 2. The predicted molar refractivity (Wildman–Crippen MR) is 80.6 cm³/mol. The van der Waals surface area contributed by atoms with Gasteiger partial charge in [0.05, 0.1) is 0 Å². The van der Waals surface area contributed by atoms with Gasteiger partial charge in [-0.15, -0.1) is 0 Å². The molecule has 0 bridgehead atoms. The van der Waals surface area contributed by atoms with Crippen LogP contribution in [0.25, 0.3) is 0 Å². The summed E-state index contributed by atoms with van der Waals surface area (Å²) in [4.78, 5) is 20.0. The van der Waals surface area contributed by atoms with E-state index in [1.165, 1.54) is 6.33 Å². The summed E-state index contributed by atoms with van der Waals surface area (Å²) in [5.74, 6) is 0.364. The van der Waals surface area contributed by atoms with Gasteiger partial charge in [0, 0.05) is 32.0 Å². The Bertz CT molecular complexity index is 575. The Hall–Kier alpha value is -2.47. The van der Waals surface area contributed by atoms with Crippen LogP contribution in [0.15, 0.2) is 42.7 Å². The normalized spacial score (nSPS) is 10.1. The summed E-state index contributed by atoms with van der Waals surface area (Å²) >= 11 is 0. The van der Waals surface area contributed by atoms with Crippen LogP contribution in [0.5, 0.6) is 0 Å². The number of para-hydroxylation sites is 1. The number of ether oxygens (including phenoxy) is 1. The van der Waals surface area contributed by atoms with Crippen molar-refractivity contribution in [2.75, 3.05) is 25.6 Å². The van der Waals surface area contributed by atoms with Crippen molar-refractivity contribution in [3.05, 3.63) is 48.4 Å². The number of amides is 1. The summed E-state index contributed by atoms with van der Waals surface area (Å²) in [7, 11) is 1.63. The molecular weight excluding hydrogens is 268 g/mol. The lowest BCUT2D eigenvalue weighted by Gasteiger charge is -2.07. The van der Waals surface area contributed by atoms with E-state index in [0.717, 1.165) is 12.1 Å². The average molecular weight is 286 g/mol. The van der Waals surface area contributed by atoms with Gasteiger partial charge in [0.15, 0.2) is 0 Å². The fourth-order valence-corrected chi connectivity index (χ4v) is 1.73. The molecule has 0 aliphatic carbocycles. The molecule has 1 heterocycles. The number of benzene rings is 1. The van der Waals surface area contributed by atoms with Crippen LogP contribution in [-0.2, 0) is 4.74 Å². The summed E-state index contributed by atoms with van der Waals surface area (Å²) in [5.41, 5.74) is 1.24. The molecule has 0 saturated carbocycles. The van der Waals surface area contributed by atoms with E-state index in [1.807, 2.05) is 30.3 Å². The van der Waals surface area contributed by atoms with Crippen molar-refractivity contribution in [3.63, 3.8) is 0 Å². The van der Waals surface area contributed by atoms with E-state index in [-0.39, 0.29) is 5.91 Å². The number of carbonyl (C=O) groups excluding carboxylic acids is 1. The van der Waals surface area contributed by atoms with Crippen LogP contribution in [0.4, 0.5) is 11.5 Å². The molecule has 0 fully saturated rings. The predicted octanol–water partition coefficient (Wildman–Crippen LogP) is 1.99. The molecule has 0 atom stereocenters. The zero-order valence-corrected chi connectivity index (χ0v) is 11.9. The molecule has 1 aromatic carbocycles. The molecule has 0 aliphatic rings. The number of methoxy groups -OCH3 is 1. The van der Waals surface area contributed by atoms with Crippen LogP contribution in [-0.4, -0.2) is 36.1 Å². The minimum Gasteiger partial charge on any atom is -0.385 e. The maximum atomic E-state index is 11.9. The standard InChI is InChI=1S/C15H18N4O2/c1-21-9-5-8-16-15(20)13-10-14(18-11-17-13)19-12-6-3-2-4-7-12/h2-4,6-7,10-11H,5,8-9H2,1H3,(H,16,20)(H,17,18,19). The third-order valence-corrected chi connectivity index (χ3v) is 2.76. The summed E-state index contributed by atoms with van der Waals surface area (Å²) < 4.78 is 4.93. The summed E-state index contributed by atoms with van der Waals surface area (Å²) in [6, 6.07) is 11.3. The monoisotopic (exact) mass is 286 g/mol. The lowest BCUT2D eigenvalue weighted by molar-refractivity contribution is 0.0943. The molecule has 21 heavy (non-hydrogen) atoms. The molecule has 2 aromatic rings. The minimum absolute atomic E-state index is 0.218. The first kappa shape index (κ1) is 14.9. The third kappa shape index (κ3) is 4.85. The second-order valence-corrected chi connectivity index (χ2v) is 4.38. The van der Waals surface area contributed by atoms with Gasteiger partial charge in [0.2, 0.25) is 0 Å². The molecule has 6 nitrogen and oxygen atoms in total. The van der Waals surface area contributed by atoms with Crippen molar-refractivity contribution in [1.29, 1.82) is 0 Å². The van der Waals surface area contributed by atoms with Gasteiger partial charge < -0.3 is 15.4 Å². The first-order chi connectivity index (χ1) is 10.3. The smallest absolute Gasteiger partial charge is 0.270 e. The Labute approximate surface area is 123 Å². The molecule has 0 unspecified atom stereocenters. The van der Waals surface area contributed by atoms with Crippen LogP contribution < -0.4 is 10.6 Å². The highest BCUT2D eigenvalue weighted by Gasteiger charge is 2.08. The third-order valence-electron chi connectivity index (χ3n) is 2.76.